The first-order chi connectivity index (χ1) is 14.9. The molecule has 4 rings (SSSR count). The van der Waals surface area contributed by atoms with Gasteiger partial charge < -0.3 is 9.64 Å². The number of fused-ring (bicyclic) bond motifs is 1. The summed E-state index contributed by atoms with van der Waals surface area (Å²) in [4.78, 5) is 8.33. The minimum Gasteiger partial charge on any atom is -0.449 e. The Morgan fingerprint density at radius 2 is 1.81 bits per heavy atom. The van der Waals surface area contributed by atoms with Crippen LogP contribution in [0.1, 0.15) is 35.6 Å². The summed E-state index contributed by atoms with van der Waals surface area (Å²) in [5.74, 6) is -0.306. The van der Waals surface area contributed by atoms with Gasteiger partial charge in [0, 0.05) is 26.2 Å². The van der Waals surface area contributed by atoms with Crippen molar-refractivity contribution in [3.63, 3.8) is 0 Å². The molecule has 31 heavy (non-hydrogen) atoms. The van der Waals surface area contributed by atoms with E-state index in [-0.39, 0.29) is 25.1 Å². The summed E-state index contributed by atoms with van der Waals surface area (Å²) < 4.78 is 57.4. The topological polar surface area (TPSA) is 28.1 Å². The lowest BCUT2D eigenvalue weighted by atomic mass is 9.88. The molecule has 0 N–H and O–H groups in total. The lowest BCUT2D eigenvalue weighted by Crippen LogP contribution is -2.44. The van der Waals surface area contributed by atoms with Gasteiger partial charge in [-0.05, 0) is 41.7 Å². The highest BCUT2D eigenvalue weighted by Gasteiger charge is 2.33. The van der Waals surface area contributed by atoms with Crippen LogP contribution in [0.5, 0.6) is 0 Å². The van der Waals surface area contributed by atoms with Crippen LogP contribution in [-0.2, 0) is 11.2 Å². The third-order valence-corrected chi connectivity index (χ3v) is 5.68. The Bertz CT molecular complexity index is 914. The molecule has 0 aromatic heterocycles. The van der Waals surface area contributed by atoms with E-state index in [1.807, 2.05) is 17.0 Å². The fourth-order valence-electron chi connectivity index (χ4n) is 4.14. The molecule has 0 saturated heterocycles. The molecule has 0 unspecified atom stereocenters. The Hall–Kier alpha value is -2.61. The number of aliphatic imine (C=N–C) groups is 1. The van der Waals surface area contributed by atoms with Gasteiger partial charge in [0.25, 0.3) is 6.02 Å². The number of ether oxygens (including phenoxy) is 1. The summed E-state index contributed by atoms with van der Waals surface area (Å²) in [6.45, 7) is 1.61. The average molecular weight is 435 g/mol. The van der Waals surface area contributed by atoms with Crippen molar-refractivity contribution in [1.29, 1.82) is 0 Å². The van der Waals surface area contributed by atoms with Crippen LogP contribution in [0.2, 0.25) is 0 Å². The predicted molar refractivity (Wildman–Crippen MR) is 110 cm³/mol. The number of halogens is 4. The SMILES string of the molecule is Fc1ccc([C@H]2c3ccccc3CCN2C2=NCCCN(CCC(F)(F)F)CO2)cc1. The Labute approximate surface area is 179 Å². The van der Waals surface area contributed by atoms with Gasteiger partial charge in [-0.2, -0.15) is 13.2 Å². The zero-order valence-electron chi connectivity index (χ0n) is 17.1. The van der Waals surface area contributed by atoms with Gasteiger partial charge in [0.05, 0.1) is 12.5 Å². The second-order valence-electron chi connectivity index (χ2n) is 7.87. The molecular formula is C23H25F4N3O. The van der Waals surface area contributed by atoms with Crippen LogP contribution in [-0.4, -0.2) is 54.9 Å². The van der Waals surface area contributed by atoms with Crippen molar-refractivity contribution in [2.75, 3.05) is 32.9 Å². The van der Waals surface area contributed by atoms with Crippen molar-refractivity contribution < 1.29 is 22.3 Å². The van der Waals surface area contributed by atoms with Gasteiger partial charge in [-0.25, -0.2) is 9.38 Å². The lowest BCUT2D eigenvalue weighted by molar-refractivity contribution is -0.139. The molecule has 1 atom stereocenters. The smallest absolute Gasteiger partial charge is 0.390 e. The standard InChI is InChI=1S/C23H25F4N3O/c24-19-8-6-18(7-9-19)21-20-5-2-1-4-17(20)10-14-30(21)22-28-12-3-13-29(16-31-22)15-11-23(25,26)27/h1-2,4-9,21H,3,10-16H2/t21-/m0/s1. The molecule has 2 aliphatic heterocycles. The van der Waals surface area contributed by atoms with E-state index in [0.717, 1.165) is 17.5 Å². The van der Waals surface area contributed by atoms with E-state index in [9.17, 15) is 17.6 Å². The first-order valence-electron chi connectivity index (χ1n) is 10.5. The molecule has 2 heterocycles. The molecule has 166 valence electrons. The number of nitrogens with zero attached hydrogens (tertiary/aromatic N) is 3. The first kappa shape index (κ1) is 21.6. The summed E-state index contributed by atoms with van der Waals surface area (Å²) >= 11 is 0. The molecule has 4 nitrogen and oxygen atoms in total. The maximum absolute atomic E-state index is 13.6. The van der Waals surface area contributed by atoms with Crippen molar-refractivity contribution in [2.24, 2.45) is 4.99 Å². The van der Waals surface area contributed by atoms with E-state index in [0.29, 0.717) is 32.1 Å². The van der Waals surface area contributed by atoms with Crippen molar-refractivity contribution in [1.82, 2.24) is 9.80 Å². The van der Waals surface area contributed by atoms with E-state index < -0.39 is 12.6 Å². The minimum atomic E-state index is -4.19. The third-order valence-electron chi connectivity index (χ3n) is 5.68. The fourth-order valence-corrected chi connectivity index (χ4v) is 4.14. The molecule has 0 aliphatic carbocycles. The second-order valence-corrected chi connectivity index (χ2v) is 7.87. The van der Waals surface area contributed by atoms with Crippen LogP contribution >= 0.6 is 0 Å². The highest BCUT2D eigenvalue weighted by Crippen LogP contribution is 2.35. The molecule has 0 spiro atoms. The summed E-state index contributed by atoms with van der Waals surface area (Å²) in [6.07, 6.45) is -3.59. The van der Waals surface area contributed by atoms with Gasteiger partial charge in [-0.1, -0.05) is 36.4 Å². The van der Waals surface area contributed by atoms with Crippen LogP contribution in [0.25, 0.3) is 0 Å². The van der Waals surface area contributed by atoms with Crippen LogP contribution in [0.15, 0.2) is 53.5 Å². The summed E-state index contributed by atoms with van der Waals surface area (Å²) in [7, 11) is 0. The Morgan fingerprint density at radius 3 is 2.58 bits per heavy atom. The Morgan fingerprint density at radius 1 is 1.03 bits per heavy atom. The highest BCUT2D eigenvalue weighted by atomic mass is 19.4. The molecule has 0 saturated carbocycles. The fraction of sp³-hybridized carbons (Fsp3) is 0.435. The quantitative estimate of drug-likeness (QED) is 0.651. The number of alkyl halides is 3. The van der Waals surface area contributed by atoms with Gasteiger partial charge in [0.2, 0.25) is 0 Å². The highest BCUT2D eigenvalue weighted by molar-refractivity contribution is 5.75. The summed E-state index contributed by atoms with van der Waals surface area (Å²) in [5.41, 5.74) is 3.23. The molecule has 0 fully saturated rings. The third kappa shape index (κ3) is 5.36. The summed E-state index contributed by atoms with van der Waals surface area (Å²) in [5, 5.41) is 0. The second kappa shape index (κ2) is 9.26. The van der Waals surface area contributed by atoms with Gasteiger partial charge in [-0.3, -0.25) is 4.90 Å². The van der Waals surface area contributed by atoms with E-state index in [4.69, 9.17) is 4.74 Å². The number of amidine groups is 1. The van der Waals surface area contributed by atoms with Gasteiger partial charge in [0.1, 0.15) is 12.5 Å². The van der Waals surface area contributed by atoms with E-state index in [2.05, 4.69) is 17.1 Å². The number of hydrogen-bond acceptors (Lipinski definition) is 4. The molecule has 0 radical (unpaired) electrons. The predicted octanol–water partition coefficient (Wildman–Crippen LogP) is 4.76. The van der Waals surface area contributed by atoms with Crippen LogP contribution < -0.4 is 0 Å². The molecule has 2 aromatic carbocycles. The van der Waals surface area contributed by atoms with Gasteiger partial charge in [0.15, 0.2) is 0 Å². The Kier molecular flexibility index (Phi) is 6.46. The van der Waals surface area contributed by atoms with Crippen molar-refractivity contribution in [2.45, 2.75) is 31.5 Å². The molecule has 2 aromatic rings. The van der Waals surface area contributed by atoms with Crippen molar-refractivity contribution in [3.05, 3.63) is 71.0 Å². The maximum atomic E-state index is 13.6. The molecular weight excluding hydrogens is 410 g/mol. The molecule has 8 heteroatoms. The number of hydrogen-bond donors (Lipinski definition) is 0. The monoisotopic (exact) mass is 435 g/mol. The van der Waals surface area contributed by atoms with Crippen molar-refractivity contribution >= 4 is 6.02 Å². The number of benzene rings is 2. The average Bonchev–Trinajstić information content (AvgIpc) is 2.73. The van der Waals surface area contributed by atoms with Crippen molar-refractivity contribution in [3.8, 4) is 0 Å². The molecule has 2 aliphatic rings. The van der Waals surface area contributed by atoms with E-state index >= 15 is 0 Å². The largest absolute Gasteiger partial charge is 0.449 e. The van der Waals surface area contributed by atoms with Crippen LogP contribution in [0.4, 0.5) is 17.6 Å². The molecule has 0 bridgehead atoms. The van der Waals surface area contributed by atoms with Gasteiger partial charge in [-0.15, -0.1) is 0 Å². The Balaban J connectivity index is 1.58. The maximum Gasteiger partial charge on any atom is 0.390 e. The first-order valence-corrected chi connectivity index (χ1v) is 10.5. The summed E-state index contributed by atoms with van der Waals surface area (Å²) in [6, 6.07) is 14.7. The van der Waals surface area contributed by atoms with Gasteiger partial charge >= 0.3 is 6.18 Å². The van der Waals surface area contributed by atoms with Crippen LogP contribution in [0.3, 0.4) is 0 Å². The molecule has 0 amide bonds. The zero-order chi connectivity index (χ0) is 21.8. The lowest BCUT2D eigenvalue weighted by Gasteiger charge is -2.40. The minimum absolute atomic E-state index is 0.0587. The zero-order valence-corrected chi connectivity index (χ0v) is 17.1. The number of rotatable bonds is 3. The normalized spacial score (nSPS) is 20.3. The van der Waals surface area contributed by atoms with E-state index in [1.54, 1.807) is 17.0 Å². The van der Waals surface area contributed by atoms with E-state index in [1.165, 1.54) is 17.7 Å². The van der Waals surface area contributed by atoms with Crippen LogP contribution in [0, 0.1) is 5.82 Å².